The molecule has 0 aromatic carbocycles. The highest BCUT2D eigenvalue weighted by molar-refractivity contribution is 4.92. The molecule has 1 nitrogen and oxygen atoms in total. The zero-order chi connectivity index (χ0) is 15.1. The lowest BCUT2D eigenvalue weighted by Gasteiger charge is -2.37. The van der Waals surface area contributed by atoms with Crippen molar-refractivity contribution in [3.8, 4) is 0 Å². The molecule has 0 bridgehead atoms. The summed E-state index contributed by atoms with van der Waals surface area (Å²) in [6.07, 6.45) is 11.7. The van der Waals surface area contributed by atoms with Crippen molar-refractivity contribution in [3.63, 3.8) is 0 Å². The zero-order valence-corrected chi connectivity index (χ0v) is 13.3. The van der Waals surface area contributed by atoms with Crippen molar-refractivity contribution in [2.24, 2.45) is 17.8 Å². The molecule has 2 aliphatic carbocycles. The Kier molecular flexibility index (Phi) is 7.15. The van der Waals surface area contributed by atoms with Gasteiger partial charge < -0.3 is 4.74 Å². The lowest BCUT2D eigenvalue weighted by atomic mass is 9.70. The molecule has 122 valence electrons. The van der Waals surface area contributed by atoms with Crippen LogP contribution >= 0.6 is 0 Å². The maximum absolute atomic E-state index is 12.3. The zero-order valence-electron chi connectivity index (χ0n) is 13.3. The van der Waals surface area contributed by atoms with Gasteiger partial charge in [-0.25, -0.2) is 0 Å². The molecule has 0 radical (unpaired) electrons. The van der Waals surface area contributed by atoms with Crippen LogP contribution in [0.15, 0.2) is 12.2 Å². The number of hydrogen-bond donors (Lipinski definition) is 0. The molecule has 0 N–H and O–H groups in total. The van der Waals surface area contributed by atoms with Gasteiger partial charge in [-0.05, 0) is 81.6 Å². The van der Waals surface area contributed by atoms with Gasteiger partial charge in [0.25, 0.3) is 6.08 Å². The average Bonchev–Trinajstić information content (AvgIpc) is 2.49. The van der Waals surface area contributed by atoms with E-state index in [1.54, 1.807) is 0 Å². The minimum absolute atomic E-state index is 0.125. The van der Waals surface area contributed by atoms with Gasteiger partial charge in [0.1, 0.15) is 0 Å². The second-order valence-electron chi connectivity index (χ2n) is 6.89. The molecule has 0 aliphatic heterocycles. The SMILES string of the molecule is CCCCO[C@H]1CC[C@H]([C@H]2CC[C@H](C=C(F)F)CC2)CC1. The Balaban J connectivity index is 1.66. The quantitative estimate of drug-likeness (QED) is 0.551. The summed E-state index contributed by atoms with van der Waals surface area (Å²) < 4.78 is 30.5. The summed E-state index contributed by atoms with van der Waals surface area (Å²) in [5.41, 5.74) is 0. The monoisotopic (exact) mass is 300 g/mol. The fourth-order valence-electron chi connectivity index (χ4n) is 4.08. The molecule has 2 saturated carbocycles. The van der Waals surface area contributed by atoms with Gasteiger partial charge >= 0.3 is 0 Å². The summed E-state index contributed by atoms with van der Waals surface area (Å²) >= 11 is 0. The Labute approximate surface area is 128 Å². The number of hydrogen-bond acceptors (Lipinski definition) is 1. The highest BCUT2D eigenvalue weighted by atomic mass is 19.3. The van der Waals surface area contributed by atoms with E-state index in [-0.39, 0.29) is 5.92 Å². The Hall–Kier alpha value is -0.440. The average molecular weight is 300 g/mol. The molecule has 0 aromatic heterocycles. The minimum atomic E-state index is -1.50. The van der Waals surface area contributed by atoms with Crippen LogP contribution in [0, 0.1) is 17.8 Å². The molecule has 0 unspecified atom stereocenters. The van der Waals surface area contributed by atoms with Gasteiger partial charge in [-0.15, -0.1) is 0 Å². The van der Waals surface area contributed by atoms with E-state index in [1.165, 1.54) is 44.6 Å². The van der Waals surface area contributed by atoms with Gasteiger partial charge in [-0.2, -0.15) is 8.78 Å². The normalized spacial score (nSPS) is 33.7. The van der Waals surface area contributed by atoms with Gasteiger partial charge in [-0.3, -0.25) is 0 Å². The molecular formula is C18H30F2O. The van der Waals surface area contributed by atoms with Gasteiger partial charge in [0.15, 0.2) is 0 Å². The number of unbranched alkanes of at least 4 members (excludes halogenated alkanes) is 1. The Morgan fingerprint density at radius 2 is 1.52 bits per heavy atom. The Morgan fingerprint density at radius 3 is 2.05 bits per heavy atom. The van der Waals surface area contributed by atoms with Crippen LogP contribution < -0.4 is 0 Å². The van der Waals surface area contributed by atoms with Crippen molar-refractivity contribution in [3.05, 3.63) is 12.2 Å². The van der Waals surface area contributed by atoms with Crippen molar-refractivity contribution in [2.75, 3.05) is 6.61 Å². The van der Waals surface area contributed by atoms with Crippen LogP contribution in [-0.2, 0) is 4.74 Å². The maximum atomic E-state index is 12.3. The Morgan fingerprint density at radius 1 is 0.952 bits per heavy atom. The van der Waals surface area contributed by atoms with Crippen molar-refractivity contribution < 1.29 is 13.5 Å². The van der Waals surface area contributed by atoms with Crippen LogP contribution in [0.4, 0.5) is 8.78 Å². The van der Waals surface area contributed by atoms with E-state index in [1.807, 2.05) is 0 Å². The van der Waals surface area contributed by atoms with Crippen LogP contribution in [0.25, 0.3) is 0 Å². The van der Waals surface area contributed by atoms with Gasteiger partial charge in [-0.1, -0.05) is 13.3 Å². The molecule has 2 rings (SSSR count). The molecule has 0 heterocycles. The summed E-state index contributed by atoms with van der Waals surface area (Å²) in [6.45, 7) is 3.11. The second-order valence-corrected chi connectivity index (χ2v) is 6.89. The summed E-state index contributed by atoms with van der Waals surface area (Å²) in [4.78, 5) is 0. The second kappa shape index (κ2) is 8.87. The summed E-state index contributed by atoms with van der Waals surface area (Å²) in [5.74, 6) is 1.71. The first-order valence-electron chi connectivity index (χ1n) is 8.83. The van der Waals surface area contributed by atoms with Crippen LogP contribution in [0.3, 0.4) is 0 Å². The summed E-state index contributed by atoms with van der Waals surface area (Å²) in [6, 6.07) is 0. The molecule has 0 spiro atoms. The van der Waals surface area contributed by atoms with Gasteiger partial charge in [0.05, 0.1) is 6.10 Å². The predicted molar refractivity (Wildman–Crippen MR) is 82.4 cm³/mol. The molecule has 0 saturated heterocycles. The van der Waals surface area contributed by atoms with Crippen LogP contribution in [-0.4, -0.2) is 12.7 Å². The smallest absolute Gasteiger partial charge is 0.266 e. The van der Waals surface area contributed by atoms with Crippen LogP contribution in [0.2, 0.25) is 0 Å². The lowest BCUT2D eigenvalue weighted by Crippen LogP contribution is -2.28. The third-order valence-corrected chi connectivity index (χ3v) is 5.42. The molecule has 2 aliphatic rings. The van der Waals surface area contributed by atoms with Crippen molar-refractivity contribution in [2.45, 2.75) is 77.2 Å². The number of halogens is 2. The van der Waals surface area contributed by atoms with Crippen molar-refractivity contribution in [1.82, 2.24) is 0 Å². The molecule has 0 amide bonds. The predicted octanol–water partition coefficient (Wildman–Crippen LogP) is 5.95. The first kappa shape index (κ1) is 16.9. The minimum Gasteiger partial charge on any atom is -0.378 e. The highest BCUT2D eigenvalue weighted by Crippen LogP contribution is 2.41. The topological polar surface area (TPSA) is 9.23 Å². The van der Waals surface area contributed by atoms with E-state index in [4.69, 9.17) is 4.74 Å². The number of rotatable bonds is 6. The molecule has 0 aromatic rings. The van der Waals surface area contributed by atoms with E-state index in [9.17, 15) is 8.78 Å². The molecular weight excluding hydrogens is 270 g/mol. The van der Waals surface area contributed by atoms with Gasteiger partial charge in [0, 0.05) is 6.61 Å². The summed E-state index contributed by atoms with van der Waals surface area (Å²) in [5, 5.41) is 0. The van der Waals surface area contributed by atoms with E-state index >= 15 is 0 Å². The standard InChI is InChI=1S/C18H30F2O/c1-2-3-12-21-17-10-8-16(9-11-17)15-6-4-14(5-7-15)13-18(19)20/h13-17H,2-12H2,1H3/t14-,15-,16-,17-. The third-order valence-electron chi connectivity index (χ3n) is 5.42. The van der Waals surface area contributed by atoms with Crippen molar-refractivity contribution >= 4 is 0 Å². The molecule has 2 fully saturated rings. The largest absolute Gasteiger partial charge is 0.378 e. The lowest BCUT2D eigenvalue weighted by molar-refractivity contribution is 0.00641. The fraction of sp³-hybridized carbons (Fsp3) is 0.889. The number of allylic oxidation sites excluding steroid dienone is 1. The first-order valence-corrected chi connectivity index (χ1v) is 8.83. The van der Waals surface area contributed by atoms with Crippen molar-refractivity contribution in [1.29, 1.82) is 0 Å². The highest BCUT2D eigenvalue weighted by Gasteiger charge is 2.30. The van der Waals surface area contributed by atoms with E-state index in [0.29, 0.717) is 6.10 Å². The van der Waals surface area contributed by atoms with E-state index < -0.39 is 6.08 Å². The Bertz CT molecular complexity index is 309. The molecule has 21 heavy (non-hydrogen) atoms. The molecule has 0 atom stereocenters. The van der Waals surface area contributed by atoms with Crippen LogP contribution in [0.1, 0.15) is 71.1 Å². The third kappa shape index (κ3) is 5.69. The van der Waals surface area contributed by atoms with E-state index in [2.05, 4.69) is 6.92 Å². The molecule has 3 heteroatoms. The fourth-order valence-corrected chi connectivity index (χ4v) is 4.08. The first-order chi connectivity index (χ1) is 10.2. The maximum Gasteiger partial charge on any atom is 0.266 e. The number of ether oxygens (including phenoxy) is 1. The van der Waals surface area contributed by atoms with Crippen LogP contribution in [0.5, 0.6) is 0 Å². The summed E-state index contributed by atoms with van der Waals surface area (Å²) in [7, 11) is 0. The van der Waals surface area contributed by atoms with E-state index in [0.717, 1.165) is 44.1 Å². The van der Waals surface area contributed by atoms with Gasteiger partial charge in [0.2, 0.25) is 0 Å².